The number of phenols is 4. The van der Waals surface area contributed by atoms with Crippen LogP contribution in [0.1, 0.15) is 47.8 Å². The number of phenolic OH excluding ortho intramolecular Hbond substituents is 4. The highest BCUT2D eigenvalue weighted by molar-refractivity contribution is 6.03. The Bertz CT molecular complexity index is 1570. The molecule has 3 aromatic rings. The second kappa shape index (κ2) is 7.16. The van der Waals surface area contributed by atoms with Gasteiger partial charge in [-0.05, 0) is 12.1 Å². The standard InChI is InChI=1S/C22H8F4O11/c23-11-7-10(12(24)14(26)13(11)25)22(37-21(7)35)8-3(19(31)32)1-5(27)15(29)17(8)36-18-9(22)4(20(33)34)2-6(28)16(18)30/h1-2,27-30H,(H,31,32)(H,33,34). The molecule has 0 fully saturated rings. The molecule has 1 spiro atoms. The molecular formula is C22H8F4O11. The Morgan fingerprint density at radius 3 is 1.57 bits per heavy atom. The van der Waals surface area contributed by atoms with E-state index in [1.807, 2.05) is 0 Å². The van der Waals surface area contributed by atoms with Gasteiger partial charge in [0.1, 0.15) is 5.56 Å². The van der Waals surface area contributed by atoms with E-state index >= 15 is 4.39 Å². The van der Waals surface area contributed by atoms with Crippen LogP contribution in [-0.4, -0.2) is 48.5 Å². The van der Waals surface area contributed by atoms with Gasteiger partial charge in [0.2, 0.25) is 17.1 Å². The van der Waals surface area contributed by atoms with E-state index in [1.54, 1.807) is 0 Å². The summed E-state index contributed by atoms with van der Waals surface area (Å²) in [6.07, 6.45) is 0. The van der Waals surface area contributed by atoms with Crippen molar-refractivity contribution in [1.82, 2.24) is 0 Å². The van der Waals surface area contributed by atoms with E-state index in [4.69, 9.17) is 9.47 Å². The van der Waals surface area contributed by atoms with E-state index < -0.39 is 115 Å². The van der Waals surface area contributed by atoms with Crippen LogP contribution in [0.4, 0.5) is 17.6 Å². The zero-order valence-corrected chi connectivity index (χ0v) is 17.4. The van der Waals surface area contributed by atoms with Crippen molar-refractivity contribution >= 4 is 17.9 Å². The van der Waals surface area contributed by atoms with Crippen molar-refractivity contribution in [3.05, 3.63) is 68.8 Å². The molecule has 37 heavy (non-hydrogen) atoms. The highest BCUT2D eigenvalue weighted by atomic mass is 19.2. The van der Waals surface area contributed by atoms with Crippen LogP contribution in [-0.2, 0) is 10.3 Å². The molecule has 0 atom stereocenters. The monoisotopic (exact) mass is 524 g/mol. The Hall–Kier alpha value is -5.21. The number of benzene rings is 3. The summed E-state index contributed by atoms with van der Waals surface area (Å²) in [7, 11) is 0. The third kappa shape index (κ3) is 2.67. The molecule has 0 saturated heterocycles. The molecule has 15 heteroatoms. The molecule has 2 aliphatic rings. The molecule has 190 valence electrons. The van der Waals surface area contributed by atoms with Crippen molar-refractivity contribution in [3.8, 4) is 34.5 Å². The fourth-order valence-electron chi connectivity index (χ4n) is 4.48. The van der Waals surface area contributed by atoms with Crippen LogP contribution in [0.2, 0.25) is 0 Å². The average Bonchev–Trinajstić information content (AvgIpc) is 3.13. The van der Waals surface area contributed by atoms with Crippen molar-refractivity contribution in [2.75, 3.05) is 0 Å². The van der Waals surface area contributed by atoms with E-state index in [1.165, 1.54) is 0 Å². The number of carbonyl (C=O) groups is 3. The number of carboxylic acids is 2. The van der Waals surface area contributed by atoms with E-state index in [0.29, 0.717) is 12.1 Å². The molecule has 0 saturated carbocycles. The lowest BCUT2D eigenvalue weighted by atomic mass is 9.73. The Labute approximate surface area is 199 Å². The predicted octanol–water partition coefficient (Wildman–Crippen LogP) is 3.03. The van der Waals surface area contributed by atoms with Gasteiger partial charge in [-0.2, -0.15) is 0 Å². The summed E-state index contributed by atoms with van der Waals surface area (Å²) in [5.74, 6) is -23.0. The number of hydrogen-bond donors (Lipinski definition) is 6. The SMILES string of the molecule is O=C(O)c1cc(O)c(O)c2c1C1(OC(=O)c3c(F)c(F)c(F)c(F)c31)c1c(C(=O)O)cc(O)c(O)c1O2. The van der Waals surface area contributed by atoms with Crippen molar-refractivity contribution in [2.45, 2.75) is 5.60 Å². The van der Waals surface area contributed by atoms with E-state index in [-0.39, 0.29) is 0 Å². The Balaban J connectivity index is 2.15. The topological polar surface area (TPSA) is 191 Å². The lowest BCUT2D eigenvalue weighted by Crippen LogP contribution is -2.37. The molecule has 6 N–H and O–H groups in total. The molecular weight excluding hydrogens is 516 g/mol. The minimum absolute atomic E-state index is 0.341. The van der Waals surface area contributed by atoms with Crippen LogP contribution in [0.15, 0.2) is 12.1 Å². The Morgan fingerprint density at radius 2 is 1.14 bits per heavy atom. The van der Waals surface area contributed by atoms with Gasteiger partial charge in [-0.15, -0.1) is 0 Å². The first-order valence-electron chi connectivity index (χ1n) is 9.68. The summed E-state index contributed by atoms with van der Waals surface area (Å²) in [6.45, 7) is 0. The number of hydrogen-bond acceptors (Lipinski definition) is 9. The van der Waals surface area contributed by atoms with Crippen LogP contribution >= 0.6 is 0 Å². The molecule has 2 heterocycles. The average molecular weight is 524 g/mol. The second-order valence-electron chi connectivity index (χ2n) is 7.78. The number of esters is 1. The summed E-state index contributed by atoms with van der Waals surface area (Å²) >= 11 is 0. The minimum Gasteiger partial charge on any atom is -0.504 e. The highest BCUT2D eigenvalue weighted by Crippen LogP contribution is 2.64. The van der Waals surface area contributed by atoms with Crippen LogP contribution < -0.4 is 4.74 Å². The summed E-state index contributed by atoms with van der Waals surface area (Å²) in [4.78, 5) is 37.0. The maximum Gasteiger partial charge on any atom is 0.343 e. The van der Waals surface area contributed by atoms with Crippen LogP contribution in [0.5, 0.6) is 34.5 Å². The number of aromatic hydroxyl groups is 4. The summed E-state index contributed by atoms with van der Waals surface area (Å²) in [5, 5.41) is 60.4. The summed E-state index contributed by atoms with van der Waals surface area (Å²) < 4.78 is 69.0. The van der Waals surface area contributed by atoms with Gasteiger partial charge >= 0.3 is 17.9 Å². The van der Waals surface area contributed by atoms with E-state index in [2.05, 4.69) is 0 Å². The van der Waals surface area contributed by atoms with Crippen LogP contribution in [0.25, 0.3) is 0 Å². The number of fused-ring (bicyclic) bond motifs is 6. The number of carbonyl (C=O) groups excluding carboxylic acids is 1. The molecule has 0 radical (unpaired) electrons. The molecule has 0 bridgehead atoms. The van der Waals surface area contributed by atoms with E-state index in [9.17, 15) is 58.2 Å². The first-order valence-corrected chi connectivity index (χ1v) is 9.68. The second-order valence-corrected chi connectivity index (χ2v) is 7.78. The lowest BCUT2D eigenvalue weighted by molar-refractivity contribution is 0.0193. The lowest BCUT2D eigenvalue weighted by Gasteiger charge is -2.38. The van der Waals surface area contributed by atoms with Gasteiger partial charge in [0.05, 0.1) is 27.8 Å². The number of halogens is 4. The Morgan fingerprint density at radius 1 is 0.703 bits per heavy atom. The van der Waals surface area contributed by atoms with Gasteiger partial charge < -0.3 is 40.1 Å². The molecule has 0 aromatic heterocycles. The molecule has 0 amide bonds. The van der Waals surface area contributed by atoms with Crippen molar-refractivity contribution < 1.29 is 72.1 Å². The fourth-order valence-corrected chi connectivity index (χ4v) is 4.48. The molecule has 0 unspecified atom stereocenters. The zero-order chi connectivity index (χ0) is 27.3. The smallest absolute Gasteiger partial charge is 0.343 e. The maximum absolute atomic E-state index is 15.4. The highest BCUT2D eigenvalue weighted by Gasteiger charge is 2.62. The normalized spacial score (nSPS) is 14.4. The van der Waals surface area contributed by atoms with Gasteiger partial charge in [-0.1, -0.05) is 0 Å². The molecule has 11 nitrogen and oxygen atoms in total. The first-order chi connectivity index (χ1) is 17.2. The predicted molar refractivity (Wildman–Crippen MR) is 105 cm³/mol. The molecule has 0 aliphatic carbocycles. The summed E-state index contributed by atoms with van der Waals surface area (Å²) in [6, 6.07) is 0.681. The largest absolute Gasteiger partial charge is 0.504 e. The molecule has 2 aliphatic heterocycles. The fraction of sp³-hybridized carbons (Fsp3) is 0.0455. The molecule has 5 rings (SSSR count). The molecule has 3 aromatic carbocycles. The van der Waals surface area contributed by atoms with Gasteiger partial charge in [0, 0.05) is 0 Å². The van der Waals surface area contributed by atoms with Crippen molar-refractivity contribution in [3.63, 3.8) is 0 Å². The number of ether oxygens (including phenoxy) is 2. The first kappa shape index (κ1) is 23.5. The van der Waals surface area contributed by atoms with Crippen molar-refractivity contribution in [1.29, 1.82) is 0 Å². The van der Waals surface area contributed by atoms with Gasteiger partial charge in [0.15, 0.2) is 46.3 Å². The van der Waals surface area contributed by atoms with Crippen LogP contribution in [0.3, 0.4) is 0 Å². The van der Waals surface area contributed by atoms with E-state index in [0.717, 1.165) is 0 Å². The Kier molecular flexibility index (Phi) is 4.55. The quantitative estimate of drug-likeness (QED) is 0.0950. The van der Waals surface area contributed by atoms with Crippen molar-refractivity contribution in [2.24, 2.45) is 0 Å². The minimum atomic E-state index is -3.38. The van der Waals surface area contributed by atoms with Gasteiger partial charge in [-0.3, -0.25) is 0 Å². The maximum atomic E-state index is 15.4. The van der Waals surface area contributed by atoms with Crippen LogP contribution in [0, 0.1) is 23.3 Å². The number of aromatic carboxylic acids is 2. The zero-order valence-electron chi connectivity index (χ0n) is 17.4. The van der Waals surface area contributed by atoms with Gasteiger partial charge in [-0.25, -0.2) is 31.9 Å². The number of rotatable bonds is 2. The third-order valence-corrected chi connectivity index (χ3v) is 5.91. The van der Waals surface area contributed by atoms with Gasteiger partial charge in [0.25, 0.3) is 0 Å². The third-order valence-electron chi connectivity index (χ3n) is 5.91. The summed E-state index contributed by atoms with van der Waals surface area (Å²) in [5.41, 5.74) is -11.2. The number of carboxylic acid groups (broad SMARTS) is 2.